The highest BCUT2D eigenvalue weighted by atomic mass is 16.3. The summed E-state index contributed by atoms with van der Waals surface area (Å²) < 4.78 is 0. The van der Waals surface area contributed by atoms with Crippen molar-refractivity contribution in [3.05, 3.63) is 71.8 Å². The summed E-state index contributed by atoms with van der Waals surface area (Å²) >= 11 is 0. The third-order valence-electron chi connectivity index (χ3n) is 4.57. The van der Waals surface area contributed by atoms with E-state index in [0.29, 0.717) is 0 Å². The fraction of sp³-hybridized carbons (Fsp3) is 0.400. The summed E-state index contributed by atoms with van der Waals surface area (Å²) in [4.78, 5) is 2.37. The molecule has 22 heavy (non-hydrogen) atoms. The standard InChI is InChI=1S/C20H27NO/c1-4-21(5-2)16-19(17-12-8-6-9-13-17)20(3,22)18-14-10-7-11-15-18/h6-15,19,22H,4-5,16H2,1-3H3/t19-,20-/m1/s1. The molecule has 0 unspecified atom stereocenters. The summed E-state index contributed by atoms with van der Waals surface area (Å²) in [6.45, 7) is 9.10. The molecule has 2 nitrogen and oxygen atoms in total. The van der Waals surface area contributed by atoms with Crippen molar-refractivity contribution in [2.75, 3.05) is 19.6 Å². The van der Waals surface area contributed by atoms with E-state index in [1.807, 2.05) is 55.5 Å². The van der Waals surface area contributed by atoms with Crippen LogP contribution in [-0.2, 0) is 5.60 Å². The minimum atomic E-state index is -0.898. The van der Waals surface area contributed by atoms with Crippen LogP contribution in [0.15, 0.2) is 60.7 Å². The van der Waals surface area contributed by atoms with Gasteiger partial charge in [0.1, 0.15) is 0 Å². The minimum absolute atomic E-state index is 0.0380. The van der Waals surface area contributed by atoms with Gasteiger partial charge in [-0.1, -0.05) is 74.5 Å². The van der Waals surface area contributed by atoms with E-state index in [1.165, 1.54) is 5.56 Å². The van der Waals surface area contributed by atoms with E-state index in [1.54, 1.807) is 0 Å². The van der Waals surface area contributed by atoms with Crippen LogP contribution in [0.2, 0.25) is 0 Å². The van der Waals surface area contributed by atoms with Crippen LogP contribution in [0.25, 0.3) is 0 Å². The first-order valence-electron chi connectivity index (χ1n) is 8.14. The molecule has 0 aliphatic rings. The van der Waals surface area contributed by atoms with E-state index in [-0.39, 0.29) is 5.92 Å². The van der Waals surface area contributed by atoms with E-state index in [4.69, 9.17) is 0 Å². The summed E-state index contributed by atoms with van der Waals surface area (Å²) in [6.07, 6.45) is 0. The van der Waals surface area contributed by atoms with E-state index in [2.05, 4.69) is 30.9 Å². The van der Waals surface area contributed by atoms with Crippen molar-refractivity contribution in [2.24, 2.45) is 0 Å². The Kier molecular flexibility index (Phi) is 5.76. The molecule has 0 saturated carbocycles. The van der Waals surface area contributed by atoms with Crippen molar-refractivity contribution >= 4 is 0 Å². The van der Waals surface area contributed by atoms with Crippen molar-refractivity contribution in [3.8, 4) is 0 Å². The lowest BCUT2D eigenvalue weighted by molar-refractivity contribution is 0.0139. The number of hydrogen-bond acceptors (Lipinski definition) is 2. The van der Waals surface area contributed by atoms with Crippen molar-refractivity contribution < 1.29 is 5.11 Å². The first kappa shape index (κ1) is 16.7. The first-order valence-corrected chi connectivity index (χ1v) is 8.14. The van der Waals surface area contributed by atoms with Crippen LogP contribution in [0.3, 0.4) is 0 Å². The molecule has 0 saturated heterocycles. The molecule has 0 radical (unpaired) electrons. The zero-order valence-corrected chi connectivity index (χ0v) is 13.9. The van der Waals surface area contributed by atoms with Gasteiger partial charge in [0, 0.05) is 12.5 Å². The summed E-state index contributed by atoms with van der Waals surface area (Å²) in [7, 11) is 0. The highest BCUT2D eigenvalue weighted by Crippen LogP contribution is 2.37. The third-order valence-corrected chi connectivity index (χ3v) is 4.57. The molecular formula is C20H27NO. The molecule has 118 valence electrons. The smallest absolute Gasteiger partial charge is 0.0949 e. The molecule has 2 rings (SSSR count). The number of likely N-dealkylation sites (N-methyl/N-ethyl adjacent to an activating group) is 1. The normalized spacial score (nSPS) is 15.5. The molecule has 0 heterocycles. The Labute approximate surface area is 134 Å². The molecule has 2 heteroatoms. The van der Waals surface area contributed by atoms with Gasteiger partial charge in [0.15, 0.2) is 0 Å². The molecule has 1 N–H and O–H groups in total. The van der Waals surface area contributed by atoms with Crippen LogP contribution >= 0.6 is 0 Å². The number of nitrogens with zero attached hydrogens (tertiary/aromatic N) is 1. The molecule has 0 aliphatic carbocycles. The molecule has 0 aliphatic heterocycles. The molecule has 0 bridgehead atoms. The summed E-state index contributed by atoms with van der Waals surface area (Å²) in [6, 6.07) is 20.3. The molecule has 2 aromatic rings. The Morgan fingerprint density at radius 2 is 1.41 bits per heavy atom. The minimum Gasteiger partial charge on any atom is -0.385 e. The zero-order chi connectivity index (χ0) is 16.0. The maximum absolute atomic E-state index is 11.3. The van der Waals surface area contributed by atoms with Gasteiger partial charge in [-0.05, 0) is 31.1 Å². The Morgan fingerprint density at radius 3 is 1.91 bits per heavy atom. The second-order valence-corrected chi connectivity index (χ2v) is 5.96. The van der Waals surface area contributed by atoms with Crippen LogP contribution in [0.1, 0.15) is 37.8 Å². The van der Waals surface area contributed by atoms with E-state index >= 15 is 0 Å². The van der Waals surface area contributed by atoms with Crippen LogP contribution in [0.4, 0.5) is 0 Å². The number of rotatable bonds is 7. The Hall–Kier alpha value is -1.64. The van der Waals surface area contributed by atoms with E-state index < -0.39 is 5.60 Å². The lowest BCUT2D eigenvalue weighted by Crippen LogP contribution is -2.39. The quantitative estimate of drug-likeness (QED) is 0.834. The van der Waals surface area contributed by atoms with Gasteiger partial charge in [-0.2, -0.15) is 0 Å². The largest absolute Gasteiger partial charge is 0.385 e. The van der Waals surface area contributed by atoms with Crippen LogP contribution in [-0.4, -0.2) is 29.6 Å². The summed E-state index contributed by atoms with van der Waals surface area (Å²) in [5, 5.41) is 11.3. The molecule has 0 aromatic heterocycles. The Bertz CT molecular complexity index is 546. The summed E-state index contributed by atoms with van der Waals surface area (Å²) in [5.74, 6) is 0.0380. The SMILES string of the molecule is CCN(CC)C[C@H](c1ccccc1)[C@](C)(O)c1ccccc1. The fourth-order valence-electron chi connectivity index (χ4n) is 3.01. The van der Waals surface area contributed by atoms with Gasteiger partial charge in [-0.3, -0.25) is 0 Å². The molecular weight excluding hydrogens is 270 g/mol. The summed E-state index contributed by atoms with van der Waals surface area (Å²) in [5.41, 5.74) is 1.25. The maximum Gasteiger partial charge on any atom is 0.0949 e. The highest BCUT2D eigenvalue weighted by Gasteiger charge is 2.35. The van der Waals surface area contributed by atoms with Gasteiger partial charge in [-0.25, -0.2) is 0 Å². The van der Waals surface area contributed by atoms with Gasteiger partial charge in [0.05, 0.1) is 5.60 Å². The molecule has 0 spiro atoms. The average molecular weight is 297 g/mol. The molecule has 2 atom stereocenters. The number of aliphatic hydroxyl groups is 1. The van der Waals surface area contributed by atoms with Crippen molar-refractivity contribution in [3.63, 3.8) is 0 Å². The number of hydrogen-bond donors (Lipinski definition) is 1. The average Bonchev–Trinajstić information content (AvgIpc) is 2.57. The van der Waals surface area contributed by atoms with Gasteiger partial charge in [0.2, 0.25) is 0 Å². The monoisotopic (exact) mass is 297 g/mol. The van der Waals surface area contributed by atoms with E-state index in [9.17, 15) is 5.11 Å². The van der Waals surface area contributed by atoms with Crippen LogP contribution in [0, 0.1) is 0 Å². The molecule has 2 aromatic carbocycles. The second kappa shape index (κ2) is 7.57. The Balaban J connectivity index is 2.39. The van der Waals surface area contributed by atoms with Gasteiger partial charge >= 0.3 is 0 Å². The second-order valence-electron chi connectivity index (χ2n) is 5.96. The van der Waals surface area contributed by atoms with Crippen LogP contribution in [0.5, 0.6) is 0 Å². The molecule has 0 amide bonds. The topological polar surface area (TPSA) is 23.5 Å². The van der Waals surface area contributed by atoms with Crippen molar-refractivity contribution in [1.82, 2.24) is 4.90 Å². The number of benzene rings is 2. The lowest BCUT2D eigenvalue weighted by atomic mass is 9.78. The van der Waals surface area contributed by atoms with Gasteiger partial charge in [-0.15, -0.1) is 0 Å². The maximum atomic E-state index is 11.3. The predicted molar refractivity (Wildman–Crippen MR) is 93.0 cm³/mol. The van der Waals surface area contributed by atoms with E-state index in [0.717, 1.165) is 25.2 Å². The first-order chi connectivity index (χ1) is 10.6. The van der Waals surface area contributed by atoms with Gasteiger partial charge in [0.25, 0.3) is 0 Å². The zero-order valence-electron chi connectivity index (χ0n) is 13.9. The molecule has 0 fully saturated rings. The van der Waals surface area contributed by atoms with Crippen molar-refractivity contribution in [2.45, 2.75) is 32.3 Å². The van der Waals surface area contributed by atoms with Gasteiger partial charge < -0.3 is 10.0 Å². The van der Waals surface area contributed by atoms with Crippen molar-refractivity contribution in [1.29, 1.82) is 0 Å². The van der Waals surface area contributed by atoms with Crippen LogP contribution < -0.4 is 0 Å². The predicted octanol–water partition coefficient (Wildman–Crippen LogP) is 4.02. The fourth-order valence-corrected chi connectivity index (χ4v) is 3.01. The Morgan fingerprint density at radius 1 is 0.909 bits per heavy atom. The third kappa shape index (κ3) is 3.76. The lowest BCUT2D eigenvalue weighted by Gasteiger charge is -2.37. The highest BCUT2D eigenvalue weighted by molar-refractivity contribution is 5.31.